The third kappa shape index (κ3) is 10.6. The molecule has 0 saturated carbocycles. The van der Waals surface area contributed by atoms with Crippen LogP contribution in [0.15, 0.2) is 255 Å². The van der Waals surface area contributed by atoms with Gasteiger partial charge in [0.2, 0.25) is 0 Å². The van der Waals surface area contributed by atoms with Crippen LogP contribution in [-0.4, -0.2) is 0 Å². The smallest absolute Gasteiger partial charge is 0.00258 e. The molecule has 10 aromatic carbocycles. The monoisotopic (exact) mass is 868 g/mol. The van der Waals surface area contributed by atoms with Gasteiger partial charge in [-0.1, -0.05) is 279 Å². The van der Waals surface area contributed by atoms with Crippen molar-refractivity contribution in [3.05, 3.63) is 333 Å². The lowest BCUT2D eigenvalue weighted by Gasteiger charge is -2.12. The minimum atomic E-state index is 0.911. The van der Waals surface area contributed by atoms with Gasteiger partial charge in [-0.25, -0.2) is 0 Å². The molecule has 0 heterocycles. The zero-order valence-electron chi connectivity index (χ0n) is 38.1. The summed E-state index contributed by atoms with van der Waals surface area (Å²) in [6.45, 7) is 0. The Morgan fingerprint density at radius 1 is 0.250 bits per heavy atom. The predicted octanol–water partition coefficient (Wildman–Crippen LogP) is 17.5. The lowest BCUT2D eigenvalue weighted by Crippen LogP contribution is -1.92. The van der Waals surface area contributed by atoms with Crippen molar-refractivity contribution in [2.45, 2.75) is 12.8 Å². The van der Waals surface area contributed by atoms with E-state index in [1.165, 1.54) is 72.0 Å². The fraction of sp³-hybridized carbons (Fsp3) is 0.0294. The first-order valence-electron chi connectivity index (χ1n) is 23.6. The summed E-state index contributed by atoms with van der Waals surface area (Å²) in [6, 6.07) is 91.6. The Balaban J connectivity index is 0.986. The summed E-state index contributed by atoms with van der Waals surface area (Å²) in [4.78, 5) is 0. The normalized spacial score (nSPS) is 12.0. The van der Waals surface area contributed by atoms with E-state index in [0.717, 1.165) is 40.7 Å². The quantitative estimate of drug-likeness (QED) is 0.0955. The maximum atomic E-state index is 2.35. The molecular formula is C68H52. The van der Waals surface area contributed by atoms with E-state index < -0.39 is 0 Å². The SMILES string of the molecule is C(=Cc1ccc2ccccc2c1C=Cc1ccccc1C=C(c1ccccc1)c1ccc(Cc2ccccc2)cc1)c1ccccc1C=C(c1ccccc1)c1ccc(Cc2ccccc2)cc1. The minimum Gasteiger partial charge on any atom is -0.0622 e. The molecule has 68 heavy (non-hydrogen) atoms. The highest BCUT2D eigenvalue weighted by Gasteiger charge is 2.11. The molecule has 0 unspecified atom stereocenters. The summed E-state index contributed by atoms with van der Waals surface area (Å²) in [7, 11) is 0. The Morgan fingerprint density at radius 3 is 1.09 bits per heavy atom. The molecule has 0 spiro atoms. The van der Waals surface area contributed by atoms with E-state index in [-0.39, 0.29) is 0 Å². The van der Waals surface area contributed by atoms with E-state index in [2.05, 4.69) is 291 Å². The molecule has 0 aromatic heterocycles. The van der Waals surface area contributed by atoms with Crippen LogP contribution in [-0.2, 0) is 12.8 Å². The first-order chi connectivity index (χ1) is 33.7. The molecule has 0 radical (unpaired) electrons. The zero-order valence-corrected chi connectivity index (χ0v) is 38.1. The molecule has 0 N–H and O–H groups in total. The average molecular weight is 869 g/mol. The van der Waals surface area contributed by atoms with Gasteiger partial charge in [0.05, 0.1) is 0 Å². The van der Waals surface area contributed by atoms with Crippen molar-refractivity contribution >= 4 is 58.4 Å². The van der Waals surface area contributed by atoms with Crippen LogP contribution in [0, 0.1) is 0 Å². The van der Waals surface area contributed by atoms with Crippen LogP contribution in [0.5, 0.6) is 0 Å². The number of hydrogen-bond donors (Lipinski definition) is 0. The molecule has 0 aliphatic heterocycles. The molecule has 10 aromatic rings. The fourth-order valence-corrected chi connectivity index (χ4v) is 9.07. The zero-order chi connectivity index (χ0) is 45.7. The van der Waals surface area contributed by atoms with E-state index >= 15 is 0 Å². The second-order valence-electron chi connectivity index (χ2n) is 17.3. The van der Waals surface area contributed by atoms with Crippen LogP contribution >= 0.6 is 0 Å². The van der Waals surface area contributed by atoms with Crippen LogP contribution in [0.25, 0.3) is 58.4 Å². The number of rotatable bonds is 14. The summed E-state index contributed by atoms with van der Waals surface area (Å²) in [5.41, 5.74) is 19.3. The molecule has 0 nitrogen and oxygen atoms in total. The Hall–Kier alpha value is -8.58. The third-order valence-electron chi connectivity index (χ3n) is 12.7. The molecule has 0 atom stereocenters. The predicted molar refractivity (Wildman–Crippen MR) is 293 cm³/mol. The van der Waals surface area contributed by atoms with Gasteiger partial charge in [0, 0.05) is 0 Å². The number of hydrogen-bond acceptors (Lipinski definition) is 0. The first-order valence-corrected chi connectivity index (χ1v) is 23.6. The van der Waals surface area contributed by atoms with Crippen molar-refractivity contribution in [3.63, 3.8) is 0 Å². The van der Waals surface area contributed by atoms with Gasteiger partial charge in [-0.15, -0.1) is 0 Å². The summed E-state index contributed by atoms with van der Waals surface area (Å²) >= 11 is 0. The van der Waals surface area contributed by atoms with Crippen molar-refractivity contribution in [3.8, 4) is 0 Å². The standard InChI is InChI=1S/C68H52/c1-5-19-51(20-6-1)47-53-33-37-61(38-34-53)67(57-25-9-3-10-26-57)49-63-30-15-13-23-55(63)41-42-60-44-43-59-29-17-18-32-65(59)66(60)46-45-56-24-14-16-31-64(56)50-68(58-27-11-4-12-28-58)62-39-35-54(36-40-62)48-52-21-7-2-8-22-52/h1-46,49-50H,47-48H2. The molecule has 0 amide bonds. The van der Waals surface area contributed by atoms with E-state index in [1.54, 1.807) is 0 Å². The van der Waals surface area contributed by atoms with Gasteiger partial charge < -0.3 is 0 Å². The average Bonchev–Trinajstić information content (AvgIpc) is 3.40. The summed E-state index contributed by atoms with van der Waals surface area (Å²) in [5, 5.41) is 2.43. The van der Waals surface area contributed by atoms with Gasteiger partial charge in [0.1, 0.15) is 0 Å². The third-order valence-corrected chi connectivity index (χ3v) is 12.7. The van der Waals surface area contributed by atoms with E-state index in [9.17, 15) is 0 Å². The van der Waals surface area contributed by atoms with Gasteiger partial charge in [-0.2, -0.15) is 0 Å². The molecule has 0 bridgehead atoms. The Bertz CT molecular complexity index is 3370. The van der Waals surface area contributed by atoms with Crippen LogP contribution in [0.3, 0.4) is 0 Å². The van der Waals surface area contributed by atoms with Gasteiger partial charge in [0.15, 0.2) is 0 Å². The van der Waals surface area contributed by atoms with Crippen molar-refractivity contribution < 1.29 is 0 Å². The van der Waals surface area contributed by atoms with Crippen LogP contribution in [0.4, 0.5) is 0 Å². The van der Waals surface area contributed by atoms with Gasteiger partial charge in [-0.3, -0.25) is 0 Å². The minimum absolute atomic E-state index is 0.911. The maximum Gasteiger partial charge on any atom is -0.00258 e. The van der Waals surface area contributed by atoms with Crippen molar-refractivity contribution in [1.29, 1.82) is 0 Å². The second-order valence-corrected chi connectivity index (χ2v) is 17.3. The van der Waals surface area contributed by atoms with Crippen LogP contribution in [0.1, 0.15) is 77.9 Å². The van der Waals surface area contributed by atoms with E-state index in [0.29, 0.717) is 0 Å². The lowest BCUT2D eigenvalue weighted by atomic mass is 9.92. The van der Waals surface area contributed by atoms with Gasteiger partial charge in [0.25, 0.3) is 0 Å². The second kappa shape index (κ2) is 21.2. The molecule has 0 saturated heterocycles. The Kier molecular flexibility index (Phi) is 13.5. The number of fused-ring (bicyclic) bond motifs is 1. The topological polar surface area (TPSA) is 0 Å². The molecule has 0 aliphatic carbocycles. The summed E-state index contributed by atoms with van der Waals surface area (Å²) < 4.78 is 0. The fourth-order valence-electron chi connectivity index (χ4n) is 9.07. The molecule has 324 valence electrons. The first kappa shape index (κ1) is 43.3. The molecule has 0 heteroatoms. The number of benzene rings is 10. The van der Waals surface area contributed by atoms with E-state index in [1.807, 2.05) is 0 Å². The Morgan fingerprint density at radius 2 is 0.603 bits per heavy atom. The van der Waals surface area contributed by atoms with Gasteiger partial charge >= 0.3 is 0 Å². The largest absolute Gasteiger partial charge is 0.0622 e. The molecule has 0 fully saturated rings. The Labute approximate surface area is 401 Å². The summed E-state index contributed by atoms with van der Waals surface area (Å²) in [6.07, 6.45) is 15.6. The highest BCUT2D eigenvalue weighted by Crippen LogP contribution is 2.32. The molecule has 0 aliphatic rings. The molecular weight excluding hydrogens is 817 g/mol. The maximum absolute atomic E-state index is 2.35. The van der Waals surface area contributed by atoms with Gasteiger partial charge in [-0.05, 0) is 125 Å². The van der Waals surface area contributed by atoms with Crippen molar-refractivity contribution in [2.75, 3.05) is 0 Å². The van der Waals surface area contributed by atoms with Crippen molar-refractivity contribution in [1.82, 2.24) is 0 Å². The van der Waals surface area contributed by atoms with Crippen LogP contribution in [0.2, 0.25) is 0 Å². The van der Waals surface area contributed by atoms with E-state index in [4.69, 9.17) is 0 Å². The highest BCUT2D eigenvalue weighted by atomic mass is 14.2. The molecule has 10 rings (SSSR count). The highest BCUT2D eigenvalue weighted by molar-refractivity contribution is 5.99. The lowest BCUT2D eigenvalue weighted by molar-refractivity contribution is 1.19. The van der Waals surface area contributed by atoms with Crippen molar-refractivity contribution in [2.24, 2.45) is 0 Å². The summed E-state index contributed by atoms with van der Waals surface area (Å²) in [5.74, 6) is 0. The van der Waals surface area contributed by atoms with Crippen LogP contribution < -0.4 is 0 Å².